The molecule has 0 radical (unpaired) electrons. The number of hydrogen-bond acceptors (Lipinski definition) is 3. The average Bonchev–Trinajstić information content (AvgIpc) is 2.85. The number of alkyl halides is 1. The second-order valence-corrected chi connectivity index (χ2v) is 4.67. The molecule has 17 heavy (non-hydrogen) atoms. The van der Waals surface area contributed by atoms with E-state index < -0.39 is 24.1 Å². The zero-order valence-electron chi connectivity index (χ0n) is 8.65. The first-order chi connectivity index (χ1) is 7.92. The number of carboxylic acid groups (broad SMARTS) is 1. The van der Waals surface area contributed by atoms with E-state index >= 15 is 0 Å². The van der Waals surface area contributed by atoms with Crippen LogP contribution in [0.15, 0.2) is 21.4 Å². The van der Waals surface area contributed by atoms with Crippen molar-refractivity contribution in [3.8, 4) is 0 Å². The van der Waals surface area contributed by atoms with Gasteiger partial charge in [-0.2, -0.15) is 0 Å². The van der Waals surface area contributed by atoms with Crippen LogP contribution in [0.2, 0.25) is 0 Å². The normalized spacial score (nSPS) is 24.0. The molecule has 92 valence electrons. The second kappa shape index (κ2) is 4.14. The van der Waals surface area contributed by atoms with Gasteiger partial charge >= 0.3 is 5.97 Å². The van der Waals surface area contributed by atoms with Gasteiger partial charge in [0.25, 0.3) is 5.91 Å². The second-order valence-electron chi connectivity index (χ2n) is 3.89. The number of rotatable bonds is 2. The Morgan fingerprint density at radius 3 is 2.76 bits per heavy atom. The van der Waals surface area contributed by atoms with E-state index in [0.29, 0.717) is 4.67 Å². The average molecular weight is 306 g/mol. The van der Waals surface area contributed by atoms with Crippen LogP contribution >= 0.6 is 15.9 Å². The lowest BCUT2D eigenvalue weighted by Crippen LogP contribution is -2.38. The Hall–Kier alpha value is -1.37. The van der Waals surface area contributed by atoms with Crippen molar-refractivity contribution in [3.63, 3.8) is 0 Å². The summed E-state index contributed by atoms with van der Waals surface area (Å²) < 4.78 is 19.0. The van der Waals surface area contributed by atoms with E-state index in [-0.39, 0.29) is 18.5 Å². The van der Waals surface area contributed by atoms with Gasteiger partial charge in [-0.05, 0) is 15.9 Å². The lowest BCUT2D eigenvalue weighted by Gasteiger charge is -2.16. The topological polar surface area (TPSA) is 70.8 Å². The van der Waals surface area contributed by atoms with E-state index in [9.17, 15) is 14.0 Å². The third-order valence-corrected chi connectivity index (χ3v) is 3.12. The number of nitrogens with zero attached hydrogens (tertiary/aromatic N) is 1. The fourth-order valence-electron chi connectivity index (χ4n) is 1.73. The van der Waals surface area contributed by atoms with Crippen molar-refractivity contribution >= 4 is 27.8 Å². The van der Waals surface area contributed by atoms with Crippen molar-refractivity contribution < 1.29 is 23.5 Å². The number of likely N-dealkylation sites (tertiary alicyclic amines) is 1. The molecule has 0 bridgehead atoms. The summed E-state index contributed by atoms with van der Waals surface area (Å²) in [6.07, 6.45) is 1.05. The van der Waals surface area contributed by atoms with Gasteiger partial charge in [-0.1, -0.05) is 0 Å². The molecular formula is C10H9BrFNO4. The fourth-order valence-corrected chi connectivity index (χ4v) is 2.07. The molecule has 5 nitrogen and oxygen atoms in total. The number of carbonyl (C=O) groups excluding carboxylic acids is 1. The maximum atomic E-state index is 13.7. The molecule has 2 heterocycles. The summed E-state index contributed by atoms with van der Waals surface area (Å²) in [7, 11) is 0. The van der Waals surface area contributed by atoms with Gasteiger partial charge in [0.15, 0.2) is 4.67 Å². The van der Waals surface area contributed by atoms with Crippen LogP contribution in [0, 0.1) is 0 Å². The smallest absolute Gasteiger partial charge is 0.343 e. The molecule has 7 heteroatoms. The van der Waals surface area contributed by atoms with Gasteiger partial charge in [0.2, 0.25) is 5.67 Å². The Morgan fingerprint density at radius 1 is 1.59 bits per heavy atom. The molecule has 0 aromatic carbocycles. The van der Waals surface area contributed by atoms with Crippen molar-refractivity contribution in [2.45, 2.75) is 12.1 Å². The third kappa shape index (κ3) is 2.19. The lowest BCUT2D eigenvalue weighted by molar-refractivity contribution is -0.149. The summed E-state index contributed by atoms with van der Waals surface area (Å²) in [5.74, 6) is -1.96. The molecule has 1 aliphatic rings. The van der Waals surface area contributed by atoms with Gasteiger partial charge < -0.3 is 14.4 Å². The monoisotopic (exact) mass is 305 g/mol. The summed E-state index contributed by atoms with van der Waals surface area (Å²) >= 11 is 3.05. The number of aliphatic carboxylic acids is 1. The molecule has 0 saturated carbocycles. The van der Waals surface area contributed by atoms with Crippen LogP contribution in [-0.4, -0.2) is 40.6 Å². The van der Waals surface area contributed by atoms with Gasteiger partial charge in [-0.3, -0.25) is 4.79 Å². The minimum Gasteiger partial charge on any atom is -0.479 e. The Kier molecular flexibility index (Phi) is 2.94. The van der Waals surface area contributed by atoms with E-state index in [1.807, 2.05) is 0 Å². The molecule has 1 unspecified atom stereocenters. The van der Waals surface area contributed by atoms with Crippen LogP contribution in [-0.2, 0) is 4.79 Å². The Balaban J connectivity index is 2.11. The van der Waals surface area contributed by atoms with Crippen molar-refractivity contribution in [1.29, 1.82) is 0 Å². The molecule has 0 aliphatic carbocycles. The number of furan rings is 1. The molecule has 1 aromatic rings. The molecule has 2 rings (SSSR count). The first-order valence-corrected chi connectivity index (χ1v) is 5.67. The summed E-state index contributed by atoms with van der Waals surface area (Å²) in [6, 6.07) is 1.46. The Morgan fingerprint density at radius 2 is 2.29 bits per heavy atom. The lowest BCUT2D eigenvalue weighted by atomic mass is 10.1. The van der Waals surface area contributed by atoms with Crippen LogP contribution in [0.25, 0.3) is 0 Å². The SMILES string of the molecule is O=C(c1coc(Br)c1)N1CCC(F)(C(=O)O)C1. The van der Waals surface area contributed by atoms with Crippen molar-refractivity contribution in [3.05, 3.63) is 22.6 Å². The molecule has 1 amide bonds. The highest BCUT2D eigenvalue weighted by molar-refractivity contribution is 9.10. The standard InChI is InChI=1S/C10H9BrFNO4/c11-7-3-6(4-17-7)8(14)13-2-1-10(12,5-13)9(15)16/h3-4H,1-2,5H2,(H,15,16). The molecule has 1 atom stereocenters. The van der Waals surface area contributed by atoms with Crippen LogP contribution in [0.3, 0.4) is 0 Å². The summed E-state index contributed by atoms with van der Waals surface area (Å²) in [5, 5.41) is 8.71. The predicted molar refractivity (Wildman–Crippen MR) is 58.4 cm³/mol. The van der Waals surface area contributed by atoms with Gasteiger partial charge in [0.1, 0.15) is 6.26 Å². The van der Waals surface area contributed by atoms with Crippen molar-refractivity contribution in [1.82, 2.24) is 4.90 Å². The molecule has 1 aliphatic heterocycles. The molecule has 1 aromatic heterocycles. The van der Waals surface area contributed by atoms with E-state index in [1.165, 1.54) is 17.2 Å². The maximum Gasteiger partial charge on any atom is 0.343 e. The number of carbonyl (C=O) groups is 2. The van der Waals surface area contributed by atoms with Crippen LogP contribution in [0.4, 0.5) is 4.39 Å². The number of carboxylic acids is 1. The zero-order valence-corrected chi connectivity index (χ0v) is 10.2. The Labute approximate surface area is 104 Å². The molecular weight excluding hydrogens is 297 g/mol. The minimum atomic E-state index is -2.34. The predicted octanol–water partition coefficient (Wildman–Crippen LogP) is 1.68. The van der Waals surface area contributed by atoms with Crippen LogP contribution in [0.5, 0.6) is 0 Å². The summed E-state index contributed by atoms with van der Waals surface area (Å²) in [4.78, 5) is 23.7. The first-order valence-electron chi connectivity index (χ1n) is 4.88. The zero-order chi connectivity index (χ0) is 12.6. The highest BCUT2D eigenvalue weighted by atomic mass is 79.9. The number of hydrogen-bond donors (Lipinski definition) is 1. The summed E-state index contributed by atoms with van der Waals surface area (Å²) in [5.41, 5.74) is -2.07. The van der Waals surface area contributed by atoms with E-state index in [1.54, 1.807) is 0 Å². The highest BCUT2D eigenvalue weighted by Gasteiger charge is 2.47. The minimum absolute atomic E-state index is 0.0877. The Bertz CT molecular complexity index is 475. The van der Waals surface area contributed by atoms with E-state index in [0.717, 1.165) is 0 Å². The molecule has 1 fully saturated rings. The number of halogens is 2. The molecule has 0 spiro atoms. The quantitative estimate of drug-likeness (QED) is 0.902. The van der Waals surface area contributed by atoms with Crippen LogP contribution < -0.4 is 0 Å². The van der Waals surface area contributed by atoms with Gasteiger partial charge in [-0.25, -0.2) is 9.18 Å². The van der Waals surface area contributed by atoms with Gasteiger partial charge in [0.05, 0.1) is 12.1 Å². The van der Waals surface area contributed by atoms with E-state index in [4.69, 9.17) is 9.52 Å². The maximum absolute atomic E-state index is 13.7. The largest absolute Gasteiger partial charge is 0.479 e. The number of amides is 1. The van der Waals surface area contributed by atoms with Crippen molar-refractivity contribution in [2.75, 3.05) is 13.1 Å². The fraction of sp³-hybridized carbons (Fsp3) is 0.400. The third-order valence-electron chi connectivity index (χ3n) is 2.70. The summed E-state index contributed by atoms with van der Waals surface area (Å²) in [6.45, 7) is -0.339. The molecule has 1 N–H and O–H groups in total. The van der Waals surface area contributed by atoms with Gasteiger partial charge in [0, 0.05) is 19.0 Å². The van der Waals surface area contributed by atoms with Crippen molar-refractivity contribution in [2.24, 2.45) is 0 Å². The molecule has 1 saturated heterocycles. The van der Waals surface area contributed by atoms with Crippen LogP contribution in [0.1, 0.15) is 16.8 Å². The van der Waals surface area contributed by atoms with E-state index in [2.05, 4.69) is 15.9 Å². The highest BCUT2D eigenvalue weighted by Crippen LogP contribution is 2.27. The van der Waals surface area contributed by atoms with Gasteiger partial charge in [-0.15, -0.1) is 0 Å². The first kappa shape index (κ1) is 12.1.